The van der Waals surface area contributed by atoms with Crippen LogP contribution in [0.1, 0.15) is 5.56 Å². The van der Waals surface area contributed by atoms with Crippen LogP contribution in [0.5, 0.6) is 0 Å². The molecule has 6 nitrogen and oxygen atoms in total. The molecule has 0 bridgehead atoms. The van der Waals surface area contributed by atoms with E-state index in [1.54, 1.807) is 7.05 Å². The first-order valence-electron chi connectivity index (χ1n) is 7.98. The predicted molar refractivity (Wildman–Crippen MR) is 115 cm³/mol. The predicted octanol–water partition coefficient (Wildman–Crippen LogP) is 1.70. The van der Waals surface area contributed by atoms with Crippen molar-refractivity contribution in [3.8, 4) is 0 Å². The molecule has 2 rings (SSSR count). The van der Waals surface area contributed by atoms with Crippen LogP contribution in [0.3, 0.4) is 0 Å². The summed E-state index contributed by atoms with van der Waals surface area (Å²) in [7, 11) is 0.912. The monoisotopic (exact) mass is 500 g/mol. The summed E-state index contributed by atoms with van der Waals surface area (Å²) in [4.78, 5) is 8.50. The topological polar surface area (TPSA) is 65.0 Å². The van der Waals surface area contributed by atoms with Crippen molar-refractivity contribution in [2.24, 2.45) is 4.99 Å². The first kappa shape index (κ1) is 22.5. The van der Waals surface area contributed by atoms with E-state index in [2.05, 4.69) is 15.2 Å². The SMILES string of the molecule is CN=C(NCCN1CCS(=O)(=O)CC1)N(C)Cc1cccc(Cl)c1.I. The third kappa shape index (κ3) is 7.67. The number of benzene rings is 1. The molecule has 0 radical (unpaired) electrons. The van der Waals surface area contributed by atoms with Crippen molar-refractivity contribution in [2.75, 3.05) is 51.8 Å². The molecule has 1 aliphatic rings. The lowest BCUT2D eigenvalue weighted by Crippen LogP contribution is -2.46. The molecule has 0 aromatic heterocycles. The van der Waals surface area contributed by atoms with Crippen LogP contribution < -0.4 is 5.32 Å². The van der Waals surface area contributed by atoms with Gasteiger partial charge in [0.05, 0.1) is 11.5 Å². The van der Waals surface area contributed by atoms with Gasteiger partial charge in [-0.2, -0.15) is 0 Å². The average molecular weight is 501 g/mol. The summed E-state index contributed by atoms with van der Waals surface area (Å²) in [6.07, 6.45) is 0. The second-order valence-corrected chi connectivity index (χ2v) is 8.69. The van der Waals surface area contributed by atoms with Crippen LogP contribution >= 0.6 is 35.6 Å². The Morgan fingerprint density at radius 3 is 2.64 bits per heavy atom. The number of guanidine groups is 1. The highest BCUT2D eigenvalue weighted by atomic mass is 127. The summed E-state index contributed by atoms with van der Waals surface area (Å²) < 4.78 is 22.9. The highest BCUT2D eigenvalue weighted by Crippen LogP contribution is 2.12. The smallest absolute Gasteiger partial charge is 0.193 e. The van der Waals surface area contributed by atoms with Crippen molar-refractivity contribution in [3.05, 3.63) is 34.9 Å². The summed E-state index contributed by atoms with van der Waals surface area (Å²) in [5.74, 6) is 1.33. The molecule has 0 unspecified atom stereocenters. The summed E-state index contributed by atoms with van der Waals surface area (Å²) in [5.41, 5.74) is 1.12. The van der Waals surface area contributed by atoms with E-state index in [-0.39, 0.29) is 35.5 Å². The van der Waals surface area contributed by atoms with Gasteiger partial charge in [0.1, 0.15) is 0 Å². The maximum absolute atomic E-state index is 11.4. The molecule has 1 saturated heterocycles. The number of aliphatic imine (C=N–C) groups is 1. The Balaban J connectivity index is 0.00000312. The third-order valence-corrected chi connectivity index (χ3v) is 5.87. The Morgan fingerprint density at radius 2 is 2.04 bits per heavy atom. The van der Waals surface area contributed by atoms with Gasteiger partial charge in [0.2, 0.25) is 0 Å². The second-order valence-electron chi connectivity index (χ2n) is 5.95. The van der Waals surface area contributed by atoms with E-state index in [9.17, 15) is 8.42 Å². The van der Waals surface area contributed by atoms with Crippen molar-refractivity contribution >= 4 is 51.4 Å². The molecule has 0 spiro atoms. The minimum Gasteiger partial charge on any atom is -0.355 e. The zero-order chi connectivity index (χ0) is 17.6. The molecule has 0 atom stereocenters. The van der Waals surface area contributed by atoms with E-state index >= 15 is 0 Å². The lowest BCUT2D eigenvalue weighted by Gasteiger charge is -2.28. The first-order chi connectivity index (χ1) is 11.4. The molecule has 25 heavy (non-hydrogen) atoms. The van der Waals surface area contributed by atoms with Gasteiger partial charge in [0, 0.05) is 51.8 Å². The van der Waals surface area contributed by atoms with E-state index in [4.69, 9.17) is 11.6 Å². The molecule has 1 aromatic rings. The largest absolute Gasteiger partial charge is 0.355 e. The highest BCUT2D eigenvalue weighted by Gasteiger charge is 2.21. The summed E-state index contributed by atoms with van der Waals surface area (Å²) in [6.45, 7) is 3.47. The number of hydrogen-bond donors (Lipinski definition) is 1. The molecule has 1 aliphatic heterocycles. The molecule has 1 N–H and O–H groups in total. The van der Waals surface area contributed by atoms with Crippen LogP contribution in [0.4, 0.5) is 0 Å². The van der Waals surface area contributed by atoms with Gasteiger partial charge in [-0.05, 0) is 17.7 Å². The van der Waals surface area contributed by atoms with Gasteiger partial charge < -0.3 is 10.2 Å². The molecule has 142 valence electrons. The fourth-order valence-corrected chi connectivity index (χ4v) is 4.16. The van der Waals surface area contributed by atoms with Gasteiger partial charge in [-0.3, -0.25) is 9.89 Å². The maximum Gasteiger partial charge on any atom is 0.193 e. The third-order valence-electron chi connectivity index (χ3n) is 4.03. The van der Waals surface area contributed by atoms with Crippen LogP contribution in [0.2, 0.25) is 5.02 Å². The first-order valence-corrected chi connectivity index (χ1v) is 10.2. The Morgan fingerprint density at radius 1 is 1.36 bits per heavy atom. The van der Waals surface area contributed by atoms with Gasteiger partial charge in [-0.1, -0.05) is 23.7 Å². The van der Waals surface area contributed by atoms with Gasteiger partial charge in [0.25, 0.3) is 0 Å². The van der Waals surface area contributed by atoms with Crippen molar-refractivity contribution < 1.29 is 8.42 Å². The van der Waals surface area contributed by atoms with Crippen LogP contribution in [-0.4, -0.2) is 76.0 Å². The minimum absolute atomic E-state index is 0. The standard InChI is InChI=1S/C16H25ClN4O2S.HI/c1-18-16(20(2)13-14-4-3-5-15(17)12-14)19-6-7-21-8-10-24(22,23)11-9-21;/h3-5,12H,6-11,13H2,1-2H3,(H,18,19);1H. The maximum atomic E-state index is 11.4. The molecule has 0 amide bonds. The molecular weight excluding hydrogens is 475 g/mol. The van der Waals surface area contributed by atoms with Crippen molar-refractivity contribution in [3.63, 3.8) is 0 Å². The molecule has 0 saturated carbocycles. The molecule has 1 heterocycles. The van der Waals surface area contributed by atoms with E-state index in [1.807, 2.05) is 36.2 Å². The fourth-order valence-electron chi connectivity index (χ4n) is 2.67. The van der Waals surface area contributed by atoms with Gasteiger partial charge in [0.15, 0.2) is 15.8 Å². The fraction of sp³-hybridized carbons (Fsp3) is 0.562. The van der Waals surface area contributed by atoms with Gasteiger partial charge >= 0.3 is 0 Å². The van der Waals surface area contributed by atoms with Crippen molar-refractivity contribution in [2.45, 2.75) is 6.54 Å². The lowest BCUT2D eigenvalue weighted by atomic mass is 10.2. The van der Waals surface area contributed by atoms with Crippen LogP contribution in [-0.2, 0) is 16.4 Å². The van der Waals surface area contributed by atoms with Gasteiger partial charge in [-0.25, -0.2) is 8.42 Å². The zero-order valence-corrected chi connectivity index (χ0v) is 18.5. The number of hydrogen-bond acceptors (Lipinski definition) is 4. The van der Waals surface area contributed by atoms with E-state index in [0.717, 1.165) is 29.6 Å². The number of rotatable bonds is 5. The molecule has 1 fully saturated rings. The van der Waals surface area contributed by atoms with Crippen LogP contribution in [0.15, 0.2) is 29.3 Å². The number of nitrogens with one attached hydrogen (secondary N) is 1. The normalized spacial score (nSPS) is 17.6. The lowest BCUT2D eigenvalue weighted by molar-refractivity contribution is 0.298. The molecule has 0 aliphatic carbocycles. The number of halogens is 2. The van der Waals surface area contributed by atoms with Crippen molar-refractivity contribution in [1.82, 2.24) is 15.1 Å². The summed E-state index contributed by atoms with van der Waals surface area (Å²) in [6, 6.07) is 7.77. The quantitative estimate of drug-likeness (QED) is 0.379. The molecule has 9 heteroatoms. The van der Waals surface area contributed by atoms with E-state index < -0.39 is 9.84 Å². The average Bonchev–Trinajstić information content (AvgIpc) is 2.53. The molecular formula is C16H26ClIN4O2S. The zero-order valence-electron chi connectivity index (χ0n) is 14.6. The van der Waals surface area contributed by atoms with Crippen LogP contribution in [0.25, 0.3) is 0 Å². The Kier molecular flexibility index (Phi) is 9.47. The van der Waals surface area contributed by atoms with Gasteiger partial charge in [-0.15, -0.1) is 24.0 Å². The van der Waals surface area contributed by atoms with E-state index in [1.165, 1.54) is 0 Å². The molecule has 1 aromatic carbocycles. The summed E-state index contributed by atoms with van der Waals surface area (Å²) >= 11 is 6.02. The Bertz CT molecular complexity index is 670. The second kappa shape index (κ2) is 10.5. The Hall–Kier alpha value is -0.580. The van der Waals surface area contributed by atoms with Crippen molar-refractivity contribution in [1.29, 1.82) is 0 Å². The number of sulfone groups is 1. The summed E-state index contributed by atoms with van der Waals surface area (Å²) in [5, 5.41) is 4.05. The highest BCUT2D eigenvalue weighted by molar-refractivity contribution is 14.0. The minimum atomic E-state index is -2.82. The number of nitrogens with zero attached hydrogens (tertiary/aromatic N) is 3. The van der Waals surface area contributed by atoms with Crippen LogP contribution in [0, 0.1) is 0 Å². The Labute approximate surface area is 172 Å². The van der Waals surface area contributed by atoms with E-state index in [0.29, 0.717) is 19.6 Å².